The zero-order chi connectivity index (χ0) is 9.86. The smallest absolute Gasteiger partial charge is 0.0868 e. The van der Waals surface area contributed by atoms with Gasteiger partial charge in [-0.2, -0.15) is 0 Å². The Morgan fingerprint density at radius 2 is 2.14 bits per heavy atom. The summed E-state index contributed by atoms with van der Waals surface area (Å²) in [6.45, 7) is 0. The molecule has 2 nitrogen and oxygen atoms in total. The molecule has 1 atom stereocenters. The van der Waals surface area contributed by atoms with Crippen molar-refractivity contribution in [1.82, 2.24) is 4.98 Å². The van der Waals surface area contributed by atoms with Crippen LogP contribution >= 0.6 is 0 Å². The highest BCUT2D eigenvalue weighted by molar-refractivity contribution is 5.17. The van der Waals surface area contributed by atoms with Crippen molar-refractivity contribution in [2.75, 3.05) is 0 Å². The molecule has 0 fully saturated rings. The van der Waals surface area contributed by atoms with Gasteiger partial charge in [0.2, 0.25) is 0 Å². The van der Waals surface area contributed by atoms with Crippen molar-refractivity contribution in [3.8, 4) is 0 Å². The van der Waals surface area contributed by atoms with E-state index in [1.807, 2.05) is 18.2 Å². The molecule has 2 rings (SSSR count). The van der Waals surface area contributed by atoms with Gasteiger partial charge in [-0.05, 0) is 37.0 Å². The summed E-state index contributed by atoms with van der Waals surface area (Å²) in [4.78, 5) is 3.96. The molecule has 0 aromatic carbocycles. The van der Waals surface area contributed by atoms with E-state index in [1.54, 1.807) is 12.4 Å². The van der Waals surface area contributed by atoms with E-state index in [-0.39, 0.29) is 0 Å². The normalized spacial score (nSPS) is 26.4. The topological polar surface area (TPSA) is 33.1 Å². The molecule has 1 aromatic heterocycles. The van der Waals surface area contributed by atoms with Crippen molar-refractivity contribution < 1.29 is 5.11 Å². The molecule has 0 spiro atoms. The van der Waals surface area contributed by atoms with Gasteiger partial charge in [-0.1, -0.05) is 12.2 Å². The molecule has 1 heterocycles. The Balaban J connectivity index is 2.10. The zero-order valence-electron chi connectivity index (χ0n) is 8.19. The van der Waals surface area contributed by atoms with Gasteiger partial charge >= 0.3 is 0 Å². The first-order chi connectivity index (χ1) is 6.79. The molecular weight excluding hydrogens is 174 g/mol. The van der Waals surface area contributed by atoms with E-state index >= 15 is 0 Å². The number of hydrogen-bond donors (Lipinski definition) is 1. The third kappa shape index (κ3) is 2.20. The van der Waals surface area contributed by atoms with Crippen molar-refractivity contribution in [2.45, 2.75) is 31.3 Å². The quantitative estimate of drug-likeness (QED) is 0.723. The summed E-state index contributed by atoms with van der Waals surface area (Å²) in [6.07, 6.45) is 11.3. The van der Waals surface area contributed by atoms with Gasteiger partial charge in [0.25, 0.3) is 0 Å². The summed E-state index contributed by atoms with van der Waals surface area (Å²) >= 11 is 0. The Hall–Kier alpha value is -1.15. The molecule has 1 N–H and O–H groups in total. The zero-order valence-corrected chi connectivity index (χ0v) is 8.19. The van der Waals surface area contributed by atoms with Gasteiger partial charge < -0.3 is 5.11 Å². The molecule has 0 saturated heterocycles. The van der Waals surface area contributed by atoms with E-state index in [4.69, 9.17) is 0 Å². The first-order valence-corrected chi connectivity index (χ1v) is 5.07. The third-order valence-corrected chi connectivity index (χ3v) is 2.67. The number of rotatable bonds is 2. The predicted octanol–water partition coefficient (Wildman–Crippen LogP) is 2.10. The predicted molar refractivity (Wildman–Crippen MR) is 55.9 cm³/mol. The van der Waals surface area contributed by atoms with Gasteiger partial charge in [0.1, 0.15) is 0 Å². The lowest BCUT2D eigenvalue weighted by Gasteiger charge is -2.27. The lowest BCUT2D eigenvalue weighted by atomic mass is 9.86. The highest BCUT2D eigenvalue weighted by Crippen LogP contribution is 2.25. The average molecular weight is 189 g/mol. The average Bonchev–Trinajstić information content (AvgIpc) is 2.19. The molecular formula is C12H15NO. The summed E-state index contributed by atoms with van der Waals surface area (Å²) in [5.41, 5.74) is 0.522. The van der Waals surface area contributed by atoms with Crippen LogP contribution in [0.15, 0.2) is 36.7 Å². The summed E-state index contributed by atoms with van der Waals surface area (Å²) in [7, 11) is 0. The van der Waals surface area contributed by atoms with Crippen LogP contribution in [0, 0.1) is 0 Å². The minimum Gasteiger partial charge on any atom is -0.385 e. The molecule has 1 unspecified atom stereocenters. The molecule has 0 amide bonds. The van der Waals surface area contributed by atoms with Crippen LogP contribution in [-0.4, -0.2) is 15.7 Å². The fourth-order valence-corrected chi connectivity index (χ4v) is 1.91. The summed E-state index contributed by atoms with van der Waals surface area (Å²) in [5.74, 6) is 0. The second kappa shape index (κ2) is 3.93. The van der Waals surface area contributed by atoms with Crippen LogP contribution in [0.25, 0.3) is 0 Å². The molecule has 0 radical (unpaired) electrons. The van der Waals surface area contributed by atoms with E-state index in [1.165, 1.54) is 0 Å². The van der Waals surface area contributed by atoms with Crippen LogP contribution in [0.1, 0.15) is 24.8 Å². The molecule has 1 aliphatic rings. The van der Waals surface area contributed by atoms with E-state index in [0.29, 0.717) is 6.42 Å². The lowest BCUT2D eigenvalue weighted by Crippen LogP contribution is -2.30. The first-order valence-electron chi connectivity index (χ1n) is 5.07. The largest absolute Gasteiger partial charge is 0.385 e. The third-order valence-electron chi connectivity index (χ3n) is 2.67. The van der Waals surface area contributed by atoms with Gasteiger partial charge in [-0.25, -0.2) is 0 Å². The lowest BCUT2D eigenvalue weighted by molar-refractivity contribution is 0.0751. The second-order valence-electron chi connectivity index (χ2n) is 3.93. The maximum Gasteiger partial charge on any atom is 0.0868 e. The van der Waals surface area contributed by atoms with Gasteiger partial charge in [-0.15, -0.1) is 0 Å². The number of hydrogen-bond acceptors (Lipinski definition) is 2. The number of pyridine rings is 1. The summed E-state index contributed by atoms with van der Waals surface area (Å²) in [5, 5.41) is 10.2. The number of nitrogens with zero attached hydrogens (tertiary/aromatic N) is 1. The maximum atomic E-state index is 10.2. The number of aliphatic hydroxyl groups is 1. The van der Waals surface area contributed by atoms with E-state index < -0.39 is 5.60 Å². The van der Waals surface area contributed by atoms with Crippen LogP contribution in [0.3, 0.4) is 0 Å². The molecule has 74 valence electrons. The summed E-state index contributed by atoms with van der Waals surface area (Å²) < 4.78 is 0. The minimum absolute atomic E-state index is 0.625. The Bertz CT molecular complexity index is 320. The fourth-order valence-electron chi connectivity index (χ4n) is 1.91. The Morgan fingerprint density at radius 3 is 2.79 bits per heavy atom. The van der Waals surface area contributed by atoms with Crippen molar-refractivity contribution >= 4 is 0 Å². The standard InChI is InChI=1S/C12H15NO/c14-12(6-2-1-3-7-12)10-11-4-8-13-9-5-11/h2,4-6,8-9,14H,1,3,7,10H2. The molecule has 2 heteroatoms. The van der Waals surface area contributed by atoms with Crippen LogP contribution in [0.4, 0.5) is 0 Å². The van der Waals surface area contributed by atoms with Crippen molar-refractivity contribution in [3.63, 3.8) is 0 Å². The van der Waals surface area contributed by atoms with Crippen LogP contribution in [-0.2, 0) is 6.42 Å². The van der Waals surface area contributed by atoms with Crippen LogP contribution in [0.5, 0.6) is 0 Å². The minimum atomic E-state index is -0.625. The second-order valence-corrected chi connectivity index (χ2v) is 3.93. The molecule has 0 aliphatic heterocycles. The fraction of sp³-hybridized carbons (Fsp3) is 0.417. The SMILES string of the molecule is OC1(Cc2ccncc2)C=CCCC1. The van der Waals surface area contributed by atoms with Gasteiger partial charge in [-0.3, -0.25) is 4.98 Å². The van der Waals surface area contributed by atoms with Crippen molar-refractivity contribution in [1.29, 1.82) is 0 Å². The number of allylic oxidation sites excluding steroid dienone is 1. The Morgan fingerprint density at radius 1 is 1.36 bits per heavy atom. The highest BCUT2D eigenvalue weighted by atomic mass is 16.3. The molecule has 1 aliphatic carbocycles. The van der Waals surface area contributed by atoms with Gasteiger partial charge in [0.15, 0.2) is 0 Å². The van der Waals surface area contributed by atoms with E-state index in [9.17, 15) is 5.11 Å². The van der Waals surface area contributed by atoms with Gasteiger partial charge in [0, 0.05) is 18.8 Å². The molecule has 1 aromatic rings. The molecule has 0 bridgehead atoms. The van der Waals surface area contributed by atoms with Crippen LogP contribution in [0.2, 0.25) is 0 Å². The van der Waals surface area contributed by atoms with Crippen molar-refractivity contribution in [3.05, 3.63) is 42.2 Å². The first kappa shape index (κ1) is 9.41. The monoisotopic (exact) mass is 189 g/mol. The maximum absolute atomic E-state index is 10.2. The molecule has 0 saturated carbocycles. The van der Waals surface area contributed by atoms with Crippen molar-refractivity contribution in [2.24, 2.45) is 0 Å². The van der Waals surface area contributed by atoms with Gasteiger partial charge in [0.05, 0.1) is 5.60 Å². The number of aromatic nitrogens is 1. The summed E-state index contributed by atoms with van der Waals surface area (Å²) in [6, 6.07) is 3.92. The van der Waals surface area contributed by atoms with Crippen LogP contribution < -0.4 is 0 Å². The van der Waals surface area contributed by atoms with E-state index in [2.05, 4.69) is 11.1 Å². The Kier molecular flexibility index (Phi) is 2.64. The molecule has 14 heavy (non-hydrogen) atoms. The van der Waals surface area contributed by atoms with E-state index in [0.717, 1.165) is 24.8 Å². The Labute approximate surface area is 84.3 Å². The highest BCUT2D eigenvalue weighted by Gasteiger charge is 2.25.